The number of hydrogen-bond acceptors (Lipinski definition) is 4. The Bertz CT molecular complexity index is 717. The Morgan fingerprint density at radius 2 is 1.73 bits per heavy atom. The van der Waals surface area contributed by atoms with Crippen LogP contribution >= 0.6 is 0 Å². The summed E-state index contributed by atoms with van der Waals surface area (Å²) in [6.07, 6.45) is 0.296. The average Bonchev–Trinajstić information content (AvgIpc) is 2.68. The molecule has 4 N–H and O–H groups in total. The third kappa shape index (κ3) is 5.60. The van der Waals surface area contributed by atoms with Crippen LogP contribution in [0.2, 0.25) is 0 Å². The second-order valence-electron chi connectivity index (χ2n) is 6.01. The molecule has 0 aliphatic heterocycles. The lowest BCUT2D eigenvalue weighted by Crippen LogP contribution is -2.30. The van der Waals surface area contributed by atoms with Crippen LogP contribution in [-0.2, 0) is 9.59 Å². The SMILES string of the molecule is CNC(=O)CCOc1ccc(NC(=O)C(C)C(N)c2ccccc2)cc1. The normalized spacial score (nSPS) is 12.7. The summed E-state index contributed by atoms with van der Waals surface area (Å²) in [5, 5.41) is 5.40. The molecule has 0 aliphatic rings. The van der Waals surface area contributed by atoms with Crippen molar-refractivity contribution < 1.29 is 14.3 Å². The van der Waals surface area contributed by atoms with Crippen LogP contribution in [0, 0.1) is 5.92 Å². The zero-order chi connectivity index (χ0) is 18.9. The van der Waals surface area contributed by atoms with Gasteiger partial charge in [-0.2, -0.15) is 0 Å². The van der Waals surface area contributed by atoms with Gasteiger partial charge in [-0.1, -0.05) is 37.3 Å². The summed E-state index contributed by atoms with van der Waals surface area (Å²) in [5.74, 6) is 0.0501. The van der Waals surface area contributed by atoms with Crippen LogP contribution in [0.15, 0.2) is 54.6 Å². The first kappa shape index (κ1) is 19.5. The third-order valence-electron chi connectivity index (χ3n) is 4.14. The Balaban J connectivity index is 1.87. The average molecular weight is 355 g/mol. The van der Waals surface area contributed by atoms with Gasteiger partial charge in [0.2, 0.25) is 11.8 Å². The van der Waals surface area contributed by atoms with E-state index >= 15 is 0 Å². The highest BCUT2D eigenvalue weighted by Gasteiger charge is 2.22. The first-order valence-corrected chi connectivity index (χ1v) is 8.56. The van der Waals surface area contributed by atoms with Crippen molar-refractivity contribution in [3.63, 3.8) is 0 Å². The van der Waals surface area contributed by atoms with Crippen molar-refractivity contribution in [2.45, 2.75) is 19.4 Å². The number of benzene rings is 2. The summed E-state index contributed by atoms with van der Waals surface area (Å²) in [5.41, 5.74) is 7.79. The molecule has 0 heterocycles. The van der Waals surface area contributed by atoms with E-state index in [4.69, 9.17) is 10.5 Å². The fourth-order valence-corrected chi connectivity index (χ4v) is 2.40. The monoisotopic (exact) mass is 355 g/mol. The summed E-state index contributed by atoms with van der Waals surface area (Å²) in [6.45, 7) is 2.11. The molecule has 0 radical (unpaired) electrons. The largest absolute Gasteiger partial charge is 0.493 e. The molecule has 138 valence electrons. The van der Waals surface area contributed by atoms with E-state index in [1.807, 2.05) is 37.3 Å². The number of nitrogens with two attached hydrogens (primary N) is 1. The Morgan fingerprint density at radius 3 is 2.35 bits per heavy atom. The molecule has 2 amide bonds. The van der Waals surface area contributed by atoms with Gasteiger partial charge < -0.3 is 21.1 Å². The van der Waals surface area contributed by atoms with Gasteiger partial charge in [0.15, 0.2) is 0 Å². The fourth-order valence-electron chi connectivity index (χ4n) is 2.40. The topological polar surface area (TPSA) is 93.5 Å². The third-order valence-corrected chi connectivity index (χ3v) is 4.14. The Morgan fingerprint density at radius 1 is 1.08 bits per heavy atom. The quantitative estimate of drug-likeness (QED) is 0.678. The fraction of sp³-hybridized carbons (Fsp3) is 0.300. The molecule has 26 heavy (non-hydrogen) atoms. The lowest BCUT2D eigenvalue weighted by molar-refractivity contribution is -0.121. The maximum Gasteiger partial charge on any atom is 0.229 e. The molecule has 0 fully saturated rings. The van der Waals surface area contributed by atoms with Gasteiger partial charge in [0.05, 0.1) is 18.9 Å². The minimum Gasteiger partial charge on any atom is -0.493 e. The molecule has 6 heteroatoms. The summed E-state index contributed by atoms with van der Waals surface area (Å²) in [7, 11) is 1.59. The van der Waals surface area contributed by atoms with E-state index in [2.05, 4.69) is 10.6 Å². The van der Waals surface area contributed by atoms with Gasteiger partial charge >= 0.3 is 0 Å². The zero-order valence-electron chi connectivity index (χ0n) is 15.1. The Kier molecular flexibility index (Phi) is 7.17. The van der Waals surface area contributed by atoms with Crippen molar-refractivity contribution in [3.8, 4) is 5.75 Å². The molecule has 2 aromatic carbocycles. The zero-order valence-corrected chi connectivity index (χ0v) is 15.1. The number of ether oxygens (including phenoxy) is 1. The van der Waals surface area contributed by atoms with Gasteiger partial charge in [0.25, 0.3) is 0 Å². The first-order chi connectivity index (χ1) is 12.5. The van der Waals surface area contributed by atoms with Crippen molar-refractivity contribution in [3.05, 3.63) is 60.2 Å². The number of nitrogens with one attached hydrogen (secondary N) is 2. The molecule has 0 bridgehead atoms. The van der Waals surface area contributed by atoms with Crippen LogP contribution in [0.3, 0.4) is 0 Å². The van der Waals surface area contributed by atoms with Gasteiger partial charge in [-0.25, -0.2) is 0 Å². The number of rotatable bonds is 8. The minimum atomic E-state index is -0.374. The molecule has 2 atom stereocenters. The van der Waals surface area contributed by atoms with E-state index < -0.39 is 0 Å². The second kappa shape index (κ2) is 9.58. The van der Waals surface area contributed by atoms with E-state index in [0.717, 1.165) is 5.56 Å². The highest BCUT2D eigenvalue weighted by atomic mass is 16.5. The van der Waals surface area contributed by atoms with Crippen LogP contribution in [0.4, 0.5) is 5.69 Å². The molecule has 0 saturated heterocycles. The number of hydrogen-bond donors (Lipinski definition) is 3. The van der Waals surface area contributed by atoms with Gasteiger partial charge in [-0.3, -0.25) is 9.59 Å². The highest BCUT2D eigenvalue weighted by molar-refractivity contribution is 5.92. The number of carbonyl (C=O) groups is 2. The van der Waals surface area contributed by atoms with Gasteiger partial charge in [0.1, 0.15) is 5.75 Å². The lowest BCUT2D eigenvalue weighted by atomic mass is 9.94. The number of amides is 2. The van der Waals surface area contributed by atoms with Gasteiger partial charge in [-0.05, 0) is 29.8 Å². The molecule has 2 unspecified atom stereocenters. The molecule has 2 rings (SSSR count). The predicted molar refractivity (Wildman–Crippen MR) is 102 cm³/mol. The standard InChI is InChI=1S/C20H25N3O3/c1-14(19(21)15-6-4-3-5-7-15)20(25)23-16-8-10-17(11-9-16)26-13-12-18(24)22-2/h3-11,14,19H,12-13,21H2,1-2H3,(H,22,24)(H,23,25). The van der Waals surface area contributed by atoms with E-state index in [1.54, 1.807) is 31.3 Å². The molecule has 0 aliphatic carbocycles. The van der Waals surface area contributed by atoms with E-state index in [-0.39, 0.29) is 23.8 Å². The molecule has 0 spiro atoms. The van der Waals surface area contributed by atoms with Crippen LogP contribution in [0.1, 0.15) is 24.9 Å². The molecule has 0 saturated carbocycles. The molecule has 6 nitrogen and oxygen atoms in total. The summed E-state index contributed by atoms with van der Waals surface area (Å²) in [4.78, 5) is 23.6. The minimum absolute atomic E-state index is 0.0716. The van der Waals surface area contributed by atoms with Crippen molar-refractivity contribution in [2.75, 3.05) is 19.0 Å². The van der Waals surface area contributed by atoms with Crippen molar-refractivity contribution in [1.29, 1.82) is 0 Å². The molecular weight excluding hydrogens is 330 g/mol. The predicted octanol–water partition coefficient (Wildman–Crippen LogP) is 2.48. The maximum absolute atomic E-state index is 12.4. The van der Waals surface area contributed by atoms with E-state index in [0.29, 0.717) is 24.5 Å². The Hall–Kier alpha value is -2.86. The van der Waals surface area contributed by atoms with Crippen LogP contribution in [0.5, 0.6) is 5.75 Å². The maximum atomic E-state index is 12.4. The summed E-state index contributed by atoms with van der Waals surface area (Å²) >= 11 is 0. The van der Waals surface area contributed by atoms with Crippen molar-refractivity contribution in [1.82, 2.24) is 5.32 Å². The molecular formula is C20H25N3O3. The lowest BCUT2D eigenvalue weighted by Gasteiger charge is -2.20. The first-order valence-electron chi connectivity index (χ1n) is 8.56. The van der Waals surface area contributed by atoms with Crippen molar-refractivity contribution >= 4 is 17.5 Å². The highest BCUT2D eigenvalue weighted by Crippen LogP contribution is 2.22. The number of anilines is 1. The smallest absolute Gasteiger partial charge is 0.229 e. The number of carbonyl (C=O) groups excluding carboxylic acids is 2. The van der Waals surface area contributed by atoms with Crippen LogP contribution < -0.4 is 21.1 Å². The van der Waals surface area contributed by atoms with Crippen LogP contribution in [-0.4, -0.2) is 25.5 Å². The van der Waals surface area contributed by atoms with Crippen molar-refractivity contribution in [2.24, 2.45) is 11.7 Å². The van der Waals surface area contributed by atoms with E-state index in [9.17, 15) is 9.59 Å². The summed E-state index contributed by atoms with van der Waals surface area (Å²) in [6, 6.07) is 16.2. The summed E-state index contributed by atoms with van der Waals surface area (Å²) < 4.78 is 5.49. The van der Waals surface area contributed by atoms with Gasteiger partial charge in [-0.15, -0.1) is 0 Å². The van der Waals surface area contributed by atoms with Crippen LogP contribution in [0.25, 0.3) is 0 Å². The van der Waals surface area contributed by atoms with Gasteiger partial charge in [0, 0.05) is 18.8 Å². The second-order valence-corrected chi connectivity index (χ2v) is 6.01. The molecule has 2 aromatic rings. The van der Waals surface area contributed by atoms with E-state index in [1.165, 1.54) is 0 Å². The Labute approximate surface area is 153 Å². The molecule has 0 aromatic heterocycles.